The fourth-order valence-corrected chi connectivity index (χ4v) is 5.55. The van der Waals surface area contributed by atoms with Gasteiger partial charge in [0.1, 0.15) is 5.82 Å². The molecule has 0 unspecified atom stereocenters. The minimum atomic E-state index is -1.22. The molecule has 4 amide bonds. The molecular weight excluding hydrogens is 451 g/mol. The van der Waals surface area contributed by atoms with Crippen LogP contribution in [0.25, 0.3) is 0 Å². The summed E-state index contributed by atoms with van der Waals surface area (Å²) < 4.78 is 19.2. The molecule has 2 aromatic rings. The summed E-state index contributed by atoms with van der Waals surface area (Å²) in [5.41, 5.74) is 0.0615. The van der Waals surface area contributed by atoms with E-state index in [2.05, 4.69) is 10.3 Å². The number of urea groups is 1. The summed E-state index contributed by atoms with van der Waals surface area (Å²) in [6.07, 6.45) is 6.09. The van der Waals surface area contributed by atoms with Gasteiger partial charge >= 0.3 is 6.03 Å². The third-order valence-electron chi connectivity index (χ3n) is 7.36. The van der Waals surface area contributed by atoms with Crippen LogP contribution in [-0.4, -0.2) is 65.0 Å². The lowest BCUT2D eigenvalue weighted by atomic mass is 9.73. The maximum absolute atomic E-state index is 13.9. The van der Waals surface area contributed by atoms with E-state index < -0.39 is 11.6 Å². The van der Waals surface area contributed by atoms with Crippen LogP contribution in [0.4, 0.5) is 9.18 Å². The number of carbonyl (C=O) groups excluding carboxylic acids is 3. The quantitative estimate of drug-likeness (QED) is 0.642. The number of likely N-dealkylation sites (tertiary alicyclic amines) is 1. The highest BCUT2D eigenvalue weighted by atomic mass is 19.1. The van der Waals surface area contributed by atoms with Crippen molar-refractivity contribution in [2.24, 2.45) is 5.92 Å². The molecule has 2 atom stereocenters. The van der Waals surface area contributed by atoms with E-state index in [1.807, 2.05) is 6.07 Å². The van der Waals surface area contributed by atoms with E-state index in [1.54, 1.807) is 35.5 Å². The zero-order chi connectivity index (χ0) is 24.4. The van der Waals surface area contributed by atoms with Crippen LogP contribution in [-0.2, 0) is 26.3 Å². The molecule has 3 saturated heterocycles. The molecule has 8 nitrogen and oxygen atoms in total. The summed E-state index contributed by atoms with van der Waals surface area (Å²) in [5.74, 6) is -0.923. The minimum Gasteiger partial charge on any atom is -0.376 e. The molecule has 1 aromatic carbocycles. The number of benzene rings is 1. The minimum absolute atomic E-state index is 0.0775. The number of hydrogen-bond donors (Lipinski definition) is 1. The Morgan fingerprint density at radius 1 is 1.17 bits per heavy atom. The van der Waals surface area contributed by atoms with Crippen LogP contribution in [0.1, 0.15) is 36.8 Å². The molecule has 1 aromatic heterocycles. The largest absolute Gasteiger partial charge is 0.376 e. The third kappa shape index (κ3) is 4.52. The van der Waals surface area contributed by atoms with Gasteiger partial charge in [0, 0.05) is 37.7 Å². The molecule has 0 bridgehead atoms. The molecule has 9 heteroatoms. The van der Waals surface area contributed by atoms with Crippen LogP contribution in [0, 0.1) is 11.7 Å². The first kappa shape index (κ1) is 23.4. The molecule has 4 heterocycles. The van der Waals surface area contributed by atoms with Crippen molar-refractivity contribution in [1.29, 1.82) is 0 Å². The maximum atomic E-state index is 13.9. The van der Waals surface area contributed by atoms with Gasteiger partial charge in [-0.1, -0.05) is 18.2 Å². The molecule has 0 radical (unpaired) electrons. The van der Waals surface area contributed by atoms with Crippen molar-refractivity contribution in [2.75, 3.05) is 26.2 Å². The Morgan fingerprint density at radius 3 is 2.69 bits per heavy atom. The van der Waals surface area contributed by atoms with E-state index in [9.17, 15) is 18.8 Å². The van der Waals surface area contributed by atoms with Gasteiger partial charge in [0.25, 0.3) is 5.91 Å². The number of imide groups is 1. The standard InChI is InChI=1S/C26H29FN4O4/c27-21-6-1-4-18(14-21)15-23(32)30-11-8-19(9-12-30)26(20-5-2-10-28-16-20)24(33)31(25(34)29-26)17-22-7-3-13-35-22/h1-2,4-6,10,14,16,19,22H,3,7-9,11-13,15,17H2,(H,29,34)/t22-,26+/m0/s1. The lowest BCUT2D eigenvalue weighted by Gasteiger charge is -2.41. The number of carbonyl (C=O) groups is 3. The van der Waals surface area contributed by atoms with Crippen LogP contribution in [0.5, 0.6) is 0 Å². The van der Waals surface area contributed by atoms with E-state index in [4.69, 9.17) is 4.74 Å². The van der Waals surface area contributed by atoms with Crippen molar-refractivity contribution >= 4 is 17.8 Å². The first-order chi connectivity index (χ1) is 17.0. The van der Waals surface area contributed by atoms with Crippen molar-refractivity contribution in [2.45, 2.75) is 43.7 Å². The van der Waals surface area contributed by atoms with Gasteiger partial charge in [0.2, 0.25) is 5.91 Å². The van der Waals surface area contributed by atoms with Crippen molar-refractivity contribution in [1.82, 2.24) is 20.1 Å². The van der Waals surface area contributed by atoms with Gasteiger partial charge in [-0.2, -0.15) is 0 Å². The fraction of sp³-hybridized carbons (Fsp3) is 0.462. The number of amides is 4. The Balaban J connectivity index is 1.33. The Labute approximate surface area is 203 Å². The number of aromatic nitrogens is 1. The molecule has 0 spiro atoms. The van der Waals surface area contributed by atoms with E-state index in [1.165, 1.54) is 17.0 Å². The number of piperidine rings is 1. The molecule has 3 aliphatic rings. The summed E-state index contributed by atoms with van der Waals surface area (Å²) in [7, 11) is 0. The predicted molar refractivity (Wildman–Crippen MR) is 125 cm³/mol. The second-order valence-electron chi connectivity index (χ2n) is 9.49. The van der Waals surface area contributed by atoms with E-state index in [0.29, 0.717) is 43.7 Å². The number of halogens is 1. The maximum Gasteiger partial charge on any atom is 0.325 e. The lowest BCUT2D eigenvalue weighted by molar-refractivity contribution is -0.137. The SMILES string of the molecule is O=C(Cc1cccc(F)c1)N1CCC([C@]2(c3cccnc3)NC(=O)N(C[C@@H]3CCCO3)C2=O)CC1. The molecule has 35 heavy (non-hydrogen) atoms. The topological polar surface area (TPSA) is 91.8 Å². The molecule has 3 aliphatic heterocycles. The van der Waals surface area contributed by atoms with Crippen LogP contribution in [0.15, 0.2) is 48.8 Å². The monoisotopic (exact) mass is 480 g/mol. The molecule has 1 N–H and O–H groups in total. The first-order valence-electron chi connectivity index (χ1n) is 12.2. The van der Waals surface area contributed by atoms with Gasteiger partial charge < -0.3 is 15.0 Å². The molecule has 0 aliphatic carbocycles. The second kappa shape index (κ2) is 9.73. The third-order valence-corrected chi connectivity index (χ3v) is 7.36. The number of nitrogens with one attached hydrogen (secondary N) is 1. The molecule has 3 fully saturated rings. The second-order valence-corrected chi connectivity index (χ2v) is 9.49. The number of rotatable bonds is 6. The van der Waals surface area contributed by atoms with E-state index >= 15 is 0 Å². The predicted octanol–water partition coefficient (Wildman–Crippen LogP) is 2.63. The Hall–Kier alpha value is -3.33. The molecule has 184 valence electrons. The number of ether oxygens (including phenoxy) is 1. The van der Waals surface area contributed by atoms with Gasteiger partial charge in [-0.3, -0.25) is 19.5 Å². The molecule has 5 rings (SSSR count). The van der Waals surface area contributed by atoms with Gasteiger partial charge in [-0.15, -0.1) is 0 Å². The lowest BCUT2D eigenvalue weighted by Crippen LogP contribution is -2.54. The number of nitrogens with zero attached hydrogens (tertiary/aromatic N) is 3. The van der Waals surface area contributed by atoms with Crippen LogP contribution in [0.3, 0.4) is 0 Å². The summed E-state index contributed by atoms with van der Waals surface area (Å²) in [4.78, 5) is 47.0. The van der Waals surface area contributed by atoms with Gasteiger partial charge in [0.15, 0.2) is 5.54 Å². The molecule has 0 saturated carbocycles. The zero-order valence-corrected chi connectivity index (χ0v) is 19.5. The van der Waals surface area contributed by atoms with Crippen molar-refractivity contribution in [3.05, 3.63) is 65.7 Å². The molecular formula is C26H29FN4O4. The normalized spacial score (nSPS) is 25.2. The Morgan fingerprint density at radius 2 is 2.00 bits per heavy atom. The van der Waals surface area contributed by atoms with E-state index in [-0.39, 0.29) is 42.6 Å². The summed E-state index contributed by atoms with van der Waals surface area (Å²) in [5, 5.41) is 3.01. The highest BCUT2D eigenvalue weighted by Gasteiger charge is 2.57. The van der Waals surface area contributed by atoms with Crippen LogP contribution < -0.4 is 5.32 Å². The van der Waals surface area contributed by atoms with Gasteiger partial charge in [-0.05, 0) is 55.4 Å². The smallest absolute Gasteiger partial charge is 0.325 e. The average Bonchev–Trinajstić information content (AvgIpc) is 3.47. The summed E-state index contributed by atoms with van der Waals surface area (Å²) in [6.45, 7) is 1.78. The van der Waals surface area contributed by atoms with Crippen molar-refractivity contribution in [3.8, 4) is 0 Å². The average molecular weight is 481 g/mol. The van der Waals surface area contributed by atoms with E-state index in [0.717, 1.165) is 12.8 Å². The highest BCUT2D eigenvalue weighted by Crippen LogP contribution is 2.41. The summed E-state index contributed by atoms with van der Waals surface area (Å²) >= 11 is 0. The summed E-state index contributed by atoms with van der Waals surface area (Å²) in [6, 6.07) is 9.22. The zero-order valence-electron chi connectivity index (χ0n) is 19.5. The number of hydrogen-bond acceptors (Lipinski definition) is 5. The number of pyridine rings is 1. The van der Waals surface area contributed by atoms with Crippen LogP contribution >= 0.6 is 0 Å². The van der Waals surface area contributed by atoms with Gasteiger partial charge in [-0.25, -0.2) is 9.18 Å². The fourth-order valence-electron chi connectivity index (χ4n) is 5.55. The highest BCUT2D eigenvalue weighted by molar-refractivity contribution is 6.07. The Bertz CT molecular complexity index is 1100. The van der Waals surface area contributed by atoms with Crippen molar-refractivity contribution < 1.29 is 23.5 Å². The Kier molecular flexibility index (Phi) is 6.51. The first-order valence-corrected chi connectivity index (χ1v) is 12.2. The van der Waals surface area contributed by atoms with Crippen molar-refractivity contribution in [3.63, 3.8) is 0 Å². The van der Waals surface area contributed by atoms with Gasteiger partial charge in [0.05, 0.1) is 19.1 Å². The van der Waals surface area contributed by atoms with Crippen LogP contribution in [0.2, 0.25) is 0 Å².